The number of amides is 1. The lowest BCUT2D eigenvalue weighted by Gasteiger charge is -2.10. The summed E-state index contributed by atoms with van der Waals surface area (Å²) in [6.07, 6.45) is 0. The molecule has 0 bridgehead atoms. The van der Waals surface area contributed by atoms with Crippen molar-refractivity contribution in [3.05, 3.63) is 51.7 Å². The number of halogens is 1. The maximum atomic E-state index is 13.6. The molecular weight excluding hydrogens is 363 g/mol. The molecule has 25 heavy (non-hydrogen) atoms. The predicted octanol–water partition coefficient (Wildman–Crippen LogP) is 3.81. The number of aryl methyl sites for hydroxylation is 1. The second-order valence-electron chi connectivity index (χ2n) is 5.10. The number of carbonyl (C=O) groups is 2. The zero-order valence-corrected chi connectivity index (χ0v) is 15.6. The second kappa shape index (κ2) is 8.17. The van der Waals surface area contributed by atoms with Crippen LogP contribution < -0.4 is 10.6 Å². The lowest BCUT2D eigenvalue weighted by molar-refractivity contribution is 0.0527. The summed E-state index contributed by atoms with van der Waals surface area (Å²) in [5.74, 6) is -1.77. The van der Waals surface area contributed by atoms with Crippen LogP contribution in [0, 0.1) is 19.7 Å². The molecule has 0 aliphatic carbocycles. The highest BCUT2D eigenvalue weighted by Crippen LogP contribution is 2.33. The molecule has 0 aliphatic heterocycles. The number of thiophene rings is 1. The van der Waals surface area contributed by atoms with Gasteiger partial charge in [-0.25, -0.2) is 9.18 Å². The first kappa shape index (κ1) is 19.0. The maximum absolute atomic E-state index is 13.6. The van der Waals surface area contributed by atoms with Crippen molar-refractivity contribution >= 4 is 45.5 Å². The number of rotatable bonds is 4. The van der Waals surface area contributed by atoms with Crippen LogP contribution in [0.5, 0.6) is 0 Å². The van der Waals surface area contributed by atoms with Gasteiger partial charge < -0.3 is 10.1 Å². The van der Waals surface area contributed by atoms with Gasteiger partial charge >= 0.3 is 5.97 Å². The van der Waals surface area contributed by atoms with Gasteiger partial charge in [-0.3, -0.25) is 10.1 Å². The van der Waals surface area contributed by atoms with Crippen LogP contribution in [0.4, 0.5) is 9.39 Å². The molecule has 1 heterocycles. The molecule has 0 aliphatic rings. The Kier molecular flexibility index (Phi) is 6.22. The molecule has 0 unspecified atom stereocenters. The van der Waals surface area contributed by atoms with Crippen LogP contribution in [0.3, 0.4) is 0 Å². The fourth-order valence-corrected chi connectivity index (χ4v) is 3.43. The van der Waals surface area contributed by atoms with Gasteiger partial charge in [0, 0.05) is 4.88 Å². The molecule has 5 nitrogen and oxygen atoms in total. The normalized spacial score (nSPS) is 10.2. The largest absolute Gasteiger partial charge is 0.462 e. The van der Waals surface area contributed by atoms with Crippen LogP contribution in [0.1, 0.15) is 38.1 Å². The van der Waals surface area contributed by atoms with Gasteiger partial charge in [0.05, 0.1) is 17.7 Å². The number of esters is 1. The summed E-state index contributed by atoms with van der Waals surface area (Å²) < 4.78 is 18.7. The number of hydrogen-bond acceptors (Lipinski definition) is 5. The molecule has 0 radical (unpaired) electrons. The first-order valence-electron chi connectivity index (χ1n) is 7.49. The monoisotopic (exact) mass is 380 g/mol. The molecule has 2 N–H and O–H groups in total. The fraction of sp³-hybridized carbons (Fsp3) is 0.235. The Morgan fingerprint density at radius 3 is 2.60 bits per heavy atom. The molecule has 0 saturated heterocycles. The number of hydrogen-bond donors (Lipinski definition) is 2. The Bertz CT molecular complexity index is 833. The van der Waals surface area contributed by atoms with Crippen molar-refractivity contribution in [3.8, 4) is 0 Å². The molecule has 1 aromatic heterocycles. The van der Waals surface area contributed by atoms with E-state index in [1.165, 1.54) is 29.5 Å². The van der Waals surface area contributed by atoms with Gasteiger partial charge in [0.2, 0.25) is 0 Å². The Hall–Kier alpha value is -2.32. The number of benzene rings is 1. The van der Waals surface area contributed by atoms with Crippen molar-refractivity contribution < 1.29 is 18.7 Å². The summed E-state index contributed by atoms with van der Waals surface area (Å²) in [7, 11) is 0. The third-order valence-electron chi connectivity index (χ3n) is 3.44. The van der Waals surface area contributed by atoms with Gasteiger partial charge in [0.15, 0.2) is 5.11 Å². The first-order valence-corrected chi connectivity index (χ1v) is 8.71. The van der Waals surface area contributed by atoms with E-state index in [-0.39, 0.29) is 17.3 Å². The minimum atomic E-state index is -0.668. The third kappa shape index (κ3) is 4.40. The van der Waals surface area contributed by atoms with Crippen molar-refractivity contribution in [1.82, 2.24) is 5.32 Å². The van der Waals surface area contributed by atoms with E-state index in [0.29, 0.717) is 10.6 Å². The zero-order chi connectivity index (χ0) is 18.6. The van der Waals surface area contributed by atoms with Gasteiger partial charge in [0.25, 0.3) is 5.91 Å². The van der Waals surface area contributed by atoms with E-state index in [4.69, 9.17) is 17.0 Å². The Morgan fingerprint density at radius 2 is 1.96 bits per heavy atom. The van der Waals surface area contributed by atoms with Gasteiger partial charge in [-0.1, -0.05) is 12.1 Å². The highest BCUT2D eigenvalue weighted by molar-refractivity contribution is 7.80. The van der Waals surface area contributed by atoms with Crippen LogP contribution >= 0.6 is 23.6 Å². The maximum Gasteiger partial charge on any atom is 0.341 e. The van der Waals surface area contributed by atoms with Gasteiger partial charge in [0.1, 0.15) is 10.8 Å². The first-order chi connectivity index (χ1) is 11.8. The molecule has 2 rings (SSSR count). The lowest BCUT2D eigenvalue weighted by Crippen LogP contribution is -2.34. The van der Waals surface area contributed by atoms with Crippen molar-refractivity contribution in [3.63, 3.8) is 0 Å². The van der Waals surface area contributed by atoms with Crippen molar-refractivity contribution in [2.45, 2.75) is 20.8 Å². The van der Waals surface area contributed by atoms with Gasteiger partial charge in [-0.2, -0.15) is 0 Å². The Balaban J connectivity index is 2.16. The third-order valence-corrected chi connectivity index (χ3v) is 4.76. The van der Waals surface area contributed by atoms with E-state index in [2.05, 4.69) is 10.6 Å². The van der Waals surface area contributed by atoms with Crippen LogP contribution in [-0.4, -0.2) is 23.6 Å². The van der Waals surface area contributed by atoms with Gasteiger partial charge in [-0.05, 0) is 50.7 Å². The molecule has 0 atom stereocenters. The van der Waals surface area contributed by atoms with E-state index in [1.54, 1.807) is 13.0 Å². The van der Waals surface area contributed by atoms with E-state index in [9.17, 15) is 14.0 Å². The van der Waals surface area contributed by atoms with Crippen LogP contribution in [-0.2, 0) is 4.74 Å². The highest BCUT2D eigenvalue weighted by Gasteiger charge is 2.22. The summed E-state index contributed by atoms with van der Waals surface area (Å²) in [5, 5.41) is 5.69. The standard InChI is InChI=1S/C17H17FN2O3S2/c1-4-23-16(22)13-9(2)10(3)25-15(13)20-17(24)19-14(21)11-7-5-6-8-12(11)18/h5-8H,4H2,1-3H3,(H2,19,20,21,24). The predicted molar refractivity (Wildman–Crippen MR) is 99.8 cm³/mol. The molecule has 0 fully saturated rings. The molecular formula is C17H17FN2O3S2. The molecule has 1 amide bonds. The summed E-state index contributed by atoms with van der Waals surface area (Å²) in [6, 6.07) is 5.60. The quantitative estimate of drug-likeness (QED) is 0.624. The number of ether oxygens (including phenoxy) is 1. The molecule has 0 saturated carbocycles. The fourth-order valence-electron chi connectivity index (χ4n) is 2.11. The molecule has 132 valence electrons. The summed E-state index contributed by atoms with van der Waals surface area (Å²) in [5.41, 5.74) is 1.05. The number of carbonyl (C=O) groups excluding carboxylic acids is 2. The minimum absolute atomic E-state index is 0.0277. The topological polar surface area (TPSA) is 67.4 Å². The van der Waals surface area contributed by atoms with E-state index >= 15 is 0 Å². The second-order valence-corrected chi connectivity index (χ2v) is 6.73. The zero-order valence-electron chi connectivity index (χ0n) is 13.9. The summed E-state index contributed by atoms with van der Waals surface area (Å²) in [4.78, 5) is 25.2. The smallest absolute Gasteiger partial charge is 0.341 e. The van der Waals surface area contributed by atoms with Crippen LogP contribution in [0.2, 0.25) is 0 Å². The van der Waals surface area contributed by atoms with Crippen LogP contribution in [0.25, 0.3) is 0 Å². The van der Waals surface area contributed by atoms with E-state index in [0.717, 1.165) is 10.4 Å². The van der Waals surface area contributed by atoms with E-state index in [1.807, 2.05) is 13.8 Å². The highest BCUT2D eigenvalue weighted by atomic mass is 32.1. The molecule has 1 aromatic carbocycles. The molecule has 0 spiro atoms. The molecule has 8 heteroatoms. The average Bonchev–Trinajstić information content (AvgIpc) is 2.81. The SMILES string of the molecule is CCOC(=O)c1c(NC(=S)NC(=O)c2ccccc2F)sc(C)c1C. The Morgan fingerprint density at radius 1 is 1.28 bits per heavy atom. The number of nitrogens with one attached hydrogen (secondary N) is 2. The molecule has 2 aromatic rings. The van der Waals surface area contributed by atoms with Crippen molar-refractivity contribution in [2.75, 3.05) is 11.9 Å². The summed E-state index contributed by atoms with van der Waals surface area (Å²) >= 11 is 6.43. The number of thiocarbonyl (C=S) groups is 1. The van der Waals surface area contributed by atoms with Crippen molar-refractivity contribution in [2.24, 2.45) is 0 Å². The van der Waals surface area contributed by atoms with Crippen LogP contribution in [0.15, 0.2) is 24.3 Å². The average molecular weight is 380 g/mol. The van der Waals surface area contributed by atoms with Gasteiger partial charge in [-0.15, -0.1) is 11.3 Å². The summed E-state index contributed by atoms with van der Waals surface area (Å²) in [6.45, 7) is 5.65. The van der Waals surface area contributed by atoms with E-state index < -0.39 is 17.7 Å². The van der Waals surface area contributed by atoms with Crippen molar-refractivity contribution in [1.29, 1.82) is 0 Å². The lowest BCUT2D eigenvalue weighted by atomic mass is 10.1. The number of anilines is 1. The Labute approximate surface area is 154 Å². The minimum Gasteiger partial charge on any atom is -0.462 e.